The van der Waals surface area contributed by atoms with Gasteiger partial charge in [-0.05, 0) is 25.3 Å². The van der Waals surface area contributed by atoms with E-state index in [4.69, 9.17) is 21.1 Å². The summed E-state index contributed by atoms with van der Waals surface area (Å²) in [7, 11) is 1.36. The van der Waals surface area contributed by atoms with Gasteiger partial charge in [0.05, 0.1) is 25.3 Å². The maximum atomic E-state index is 12.5. The molecule has 1 aliphatic rings. The third kappa shape index (κ3) is 4.99. The number of carbonyl (C=O) groups excluding carboxylic acids is 3. The molecule has 3 rings (SSSR count). The van der Waals surface area contributed by atoms with E-state index in [0.717, 1.165) is 5.56 Å². The largest absolute Gasteiger partial charge is 0.469 e. The van der Waals surface area contributed by atoms with Gasteiger partial charge in [-0.3, -0.25) is 9.59 Å². The molecule has 2 heterocycles. The fourth-order valence-corrected chi connectivity index (χ4v) is 3.78. The van der Waals surface area contributed by atoms with Crippen molar-refractivity contribution < 1.29 is 23.9 Å². The topological polar surface area (TPSA) is 90.7 Å². The zero-order valence-electron chi connectivity index (χ0n) is 17.0. The Kier molecular flexibility index (Phi) is 7.10. The second-order valence-corrected chi connectivity index (χ2v) is 7.51. The van der Waals surface area contributed by atoms with E-state index in [1.807, 2.05) is 30.3 Å². The summed E-state index contributed by atoms with van der Waals surface area (Å²) in [4.78, 5) is 38.1. The van der Waals surface area contributed by atoms with Crippen molar-refractivity contribution in [2.45, 2.75) is 26.3 Å². The first-order valence-electron chi connectivity index (χ1n) is 9.70. The molecule has 0 radical (unpaired) electrons. The number of hydrogen-bond acceptors (Lipinski definition) is 6. The molecule has 30 heavy (non-hydrogen) atoms. The minimum Gasteiger partial charge on any atom is -0.469 e. The highest BCUT2D eigenvalue weighted by Crippen LogP contribution is 2.22. The van der Waals surface area contributed by atoms with Crippen LogP contribution in [-0.4, -0.2) is 59.3 Å². The standard InChI is InChI=1S/C21H24ClN3O5/c1-14-18(19(22)25(23-14)12-15-6-4-3-5-7-15)21(28)30-13-17(26)24-10-8-16(9-11-24)20(27)29-2/h3-7,16H,8-13H2,1-2H3. The van der Waals surface area contributed by atoms with Crippen LogP contribution in [-0.2, 0) is 25.6 Å². The number of hydrogen-bond donors (Lipinski definition) is 0. The Morgan fingerprint density at radius 1 is 1.17 bits per heavy atom. The quantitative estimate of drug-likeness (QED) is 0.650. The van der Waals surface area contributed by atoms with E-state index in [0.29, 0.717) is 38.2 Å². The van der Waals surface area contributed by atoms with Crippen LogP contribution in [0.5, 0.6) is 0 Å². The van der Waals surface area contributed by atoms with Crippen LogP contribution < -0.4 is 0 Å². The molecule has 0 atom stereocenters. The molecule has 1 aromatic carbocycles. The van der Waals surface area contributed by atoms with Gasteiger partial charge in [-0.2, -0.15) is 5.10 Å². The first-order chi connectivity index (χ1) is 14.4. The highest BCUT2D eigenvalue weighted by molar-refractivity contribution is 6.32. The summed E-state index contributed by atoms with van der Waals surface area (Å²) in [6, 6.07) is 9.61. The summed E-state index contributed by atoms with van der Waals surface area (Å²) >= 11 is 6.36. The molecule has 1 fully saturated rings. The number of ether oxygens (including phenoxy) is 2. The normalized spacial score (nSPS) is 14.4. The minimum absolute atomic E-state index is 0.157. The maximum absolute atomic E-state index is 12.5. The second-order valence-electron chi connectivity index (χ2n) is 7.15. The number of likely N-dealkylation sites (tertiary alicyclic amines) is 1. The number of aryl methyl sites for hydroxylation is 1. The van der Waals surface area contributed by atoms with Gasteiger partial charge in [0.1, 0.15) is 10.7 Å². The van der Waals surface area contributed by atoms with Crippen LogP contribution in [0.25, 0.3) is 0 Å². The number of piperidine rings is 1. The van der Waals surface area contributed by atoms with Gasteiger partial charge in [-0.15, -0.1) is 0 Å². The van der Waals surface area contributed by atoms with E-state index < -0.39 is 5.97 Å². The smallest absolute Gasteiger partial charge is 0.343 e. The van der Waals surface area contributed by atoms with Crippen molar-refractivity contribution in [1.29, 1.82) is 0 Å². The molecule has 1 saturated heterocycles. The molecule has 0 N–H and O–H groups in total. The van der Waals surface area contributed by atoms with E-state index in [1.54, 1.807) is 11.8 Å². The first kappa shape index (κ1) is 21.8. The number of carbonyl (C=O) groups is 3. The molecule has 0 bridgehead atoms. The van der Waals surface area contributed by atoms with Crippen molar-refractivity contribution in [3.8, 4) is 0 Å². The zero-order valence-corrected chi connectivity index (χ0v) is 17.7. The average molecular weight is 434 g/mol. The third-order valence-corrected chi connectivity index (χ3v) is 5.54. The number of benzene rings is 1. The molecule has 0 saturated carbocycles. The SMILES string of the molecule is COC(=O)C1CCN(C(=O)COC(=O)c2c(C)nn(Cc3ccccc3)c2Cl)CC1. The van der Waals surface area contributed by atoms with Crippen molar-refractivity contribution in [3.63, 3.8) is 0 Å². The molecular formula is C21H24ClN3O5. The third-order valence-electron chi connectivity index (χ3n) is 5.15. The fourth-order valence-electron chi connectivity index (χ4n) is 3.47. The summed E-state index contributed by atoms with van der Waals surface area (Å²) in [5.41, 5.74) is 1.59. The molecule has 160 valence electrons. The van der Waals surface area contributed by atoms with Gasteiger partial charge in [0.15, 0.2) is 6.61 Å². The summed E-state index contributed by atoms with van der Waals surface area (Å²) in [5.74, 6) is -1.45. The van der Waals surface area contributed by atoms with E-state index in [-0.39, 0.29) is 35.1 Å². The molecular weight excluding hydrogens is 410 g/mol. The molecule has 1 aromatic heterocycles. The monoisotopic (exact) mass is 433 g/mol. The fraction of sp³-hybridized carbons (Fsp3) is 0.429. The van der Waals surface area contributed by atoms with Gasteiger partial charge in [0.2, 0.25) is 0 Å². The van der Waals surface area contributed by atoms with Crippen molar-refractivity contribution >= 4 is 29.4 Å². The Balaban J connectivity index is 1.56. The molecule has 0 unspecified atom stereocenters. The van der Waals surface area contributed by atoms with E-state index in [1.165, 1.54) is 11.8 Å². The van der Waals surface area contributed by atoms with Crippen LogP contribution in [0.4, 0.5) is 0 Å². The second kappa shape index (κ2) is 9.75. The summed E-state index contributed by atoms with van der Waals surface area (Å²) < 4.78 is 11.5. The molecule has 1 amide bonds. The van der Waals surface area contributed by atoms with Crippen molar-refractivity contribution in [2.24, 2.45) is 5.92 Å². The van der Waals surface area contributed by atoms with Crippen molar-refractivity contribution in [2.75, 3.05) is 26.8 Å². The lowest BCUT2D eigenvalue weighted by Crippen LogP contribution is -2.42. The van der Waals surface area contributed by atoms with E-state index >= 15 is 0 Å². The van der Waals surface area contributed by atoms with Crippen molar-refractivity contribution in [3.05, 3.63) is 52.3 Å². The Morgan fingerprint density at radius 3 is 2.47 bits per heavy atom. The Bertz CT molecular complexity index is 920. The lowest BCUT2D eigenvalue weighted by Gasteiger charge is -2.30. The number of rotatable bonds is 6. The minimum atomic E-state index is -0.686. The van der Waals surface area contributed by atoms with Gasteiger partial charge >= 0.3 is 11.9 Å². The number of nitrogens with zero attached hydrogens (tertiary/aromatic N) is 3. The number of amides is 1. The predicted octanol–water partition coefficient (Wildman–Crippen LogP) is 2.46. The highest BCUT2D eigenvalue weighted by Gasteiger charge is 2.29. The predicted molar refractivity (Wildman–Crippen MR) is 109 cm³/mol. The van der Waals surface area contributed by atoms with Gasteiger partial charge in [-0.25, -0.2) is 9.48 Å². The highest BCUT2D eigenvalue weighted by atomic mass is 35.5. The summed E-state index contributed by atoms with van der Waals surface area (Å²) in [6.07, 6.45) is 1.06. The van der Waals surface area contributed by atoms with Gasteiger partial charge < -0.3 is 14.4 Å². The first-order valence-corrected chi connectivity index (χ1v) is 10.1. The zero-order chi connectivity index (χ0) is 21.7. The van der Waals surface area contributed by atoms with Crippen LogP contribution in [0.1, 0.15) is 34.5 Å². The lowest BCUT2D eigenvalue weighted by atomic mass is 9.97. The number of halogens is 1. The average Bonchev–Trinajstić information content (AvgIpc) is 3.04. The van der Waals surface area contributed by atoms with Crippen LogP contribution >= 0.6 is 11.6 Å². The Morgan fingerprint density at radius 2 is 1.83 bits per heavy atom. The van der Waals surface area contributed by atoms with Crippen LogP contribution in [0.2, 0.25) is 5.15 Å². The molecule has 8 nitrogen and oxygen atoms in total. The van der Waals surface area contributed by atoms with Crippen LogP contribution in [0, 0.1) is 12.8 Å². The Hall–Kier alpha value is -2.87. The van der Waals surface area contributed by atoms with Gasteiger partial charge in [0.25, 0.3) is 5.91 Å². The van der Waals surface area contributed by atoms with Crippen LogP contribution in [0.15, 0.2) is 30.3 Å². The van der Waals surface area contributed by atoms with Gasteiger partial charge in [0, 0.05) is 13.1 Å². The maximum Gasteiger partial charge on any atom is 0.343 e. The molecule has 0 aliphatic carbocycles. The number of esters is 2. The molecule has 0 spiro atoms. The number of aromatic nitrogens is 2. The van der Waals surface area contributed by atoms with Crippen LogP contribution in [0.3, 0.4) is 0 Å². The molecule has 1 aliphatic heterocycles. The Labute approximate surface area is 179 Å². The van der Waals surface area contributed by atoms with E-state index in [2.05, 4.69) is 5.10 Å². The molecule has 2 aromatic rings. The summed E-state index contributed by atoms with van der Waals surface area (Å²) in [6.45, 7) is 2.54. The summed E-state index contributed by atoms with van der Waals surface area (Å²) in [5, 5.41) is 4.49. The lowest BCUT2D eigenvalue weighted by molar-refractivity contribution is -0.149. The van der Waals surface area contributed by atoms with E-state index in [9.17, 15) is 14.4 Å². The van der Waals surface area contributed by atoms with Crippen molar-refractivity contribution in [1.82, 2.24) is 14.7 Å². The number of methoxy groups -OCH3 is 1. The van der Waals surface area contributed by atoms with Gasteiger partial charge in [-0.1, -0.05) is 41.9 Å². The molecule has 9 heteroatoms.